The van der Waals surface area contributed by atoms with Crippen molar-refractivity contribution in [1.29, 1.82) is 0 Å². The number of hydrogen-bond donors (Lipinski definition) is 0. The first-order valence-corrected chi connectivity index (χ1v) is 11.1. The zero-order valence-corrected chi connectivity index (χ0v) is 16.7. The van der Waals surface area contributed by atoms with E-state index in [0.717, 1.165) is 4.90 Å². The Kier molecular flexibility index (Phi) is 6.38. The summed E-state index contributed by atoms with van der Waals surface area (Å²) in [6.07, 6.45) is -5.83. The summed E-state index contributed by atoms with van der Waals surface area (Å²) in [5.41, 5.74) is -3.81. The summed E-state index contributed by atoms with van der Waals surface area (Å²) in [6, 6.07) is 1.41. The van der Waals surface area contributed by atoms with Crippen molar-refractivity contribution in [3.63, 3.8) is 0 Å². The number of rotatable bonds is 5. The zero-order chi connectivity index (χ0) is 19.7. The fourth-order valence-corrected chi connectivity index (χ4v) is 5.87. The zero-order valence-electron chi connectivity index (χ0n) is 15.7. The molecule has 0 saturated carbocycles. The van der Waals surface area contributed by atoms with E-state index in [1.807, 2.05) is 0 Å². The van der Waals surface area contributed by atoms with E-state index in [2.05, 4.69) is 0 Å². The Morgan fingerprint density at radius 3 is 2.00 bits per heavy atom. The maximum Gasteiger partial charge on any atom is 0.425 e. The molecule has 1 unspecified atom stereocenters. The quantitative estimate of drug-likeness (QED) is 0.670. The summed E-state index contributed by atoms with van der Waals surface area (Å²) in [5, 5.41) is 0. The molecule has 1 heterocycles. The predicted molar refractivity (Wildman–Crippen MR) is 89.9 cm³/mol. The Bertz CT molecular complexity index is 506. The SMILES string of the molecule is CC[Si](CC)(CC)OC1(C(F)(F)F)CN(C(=O)OC(C)(C)C)CC1=O. The number of likely N-dealkylation sites (tertiary alicyclic amines) is 1. The van der Waals surface area contributed by atoms with E-state index >= 15 is 0 Å². The van der Waals surface area contributed by atoms with Crippen LogP contribution in [-0.4, -0.2) is 55.6 Å². The van der Waals surface area contributed by atoms with E-state index in [4.69, 9.17) is 9.16 Å². The van der Waals surface area contributed by atoms with E-state index in [1.54, 1.807) is 41.5 Å². The van der Waals surface area contributed by atoms with Gasteiger partial charge in [0.25, 0.3) is 0 Å². The van der Waals surface area contributed by atoms with E-state index in [1.165, 1.54) is 0 Å². The van der Waals surface area contributed by atoms with Gasteiger partial charge in [-0.15, -0.1) is 0 Å². The van der Waals surface area contributed by atoms with Gasteiger partial charge in [0.1, 0.15) is 5.60 Å². The predicted octanol–water partition coefficient (Wildman–Crippen LogP) is 4.13. The van der Waals surface area contributed by atoms with Crippen molar-refractivity contribution in [3.8, 4) is 0 Å². The molecule has 0 aromatic carbocycles. The van der Waals surface area contributed by atoms with E-state index in [0.29, 0.717) is 18.1 Å². The Morgan fingerprint density at radius 2 is 1.64 bits per heavy atom. The first-order valence-electron chi connectivity index (χ1n) is 8.54. The molecule has 0 radical (unpaired) electrons. The number of alkyl halides is 3. The van der Waals surface area contributed by atoms with E-state index in [-0.39, 0.29) is 0 Å². The highest BCUT2D eigenvalue weighted by atomic mass is 28.4. The number of carbonyl (C=O) groups excluding carboxylic acids is 2. The van der Waals surface area contributed by atoms with Crippen molar-refractivity contribution in [2.45, 2.75) is 77.1 Å². The molecule has 146 valence electrons. The van der Waals surface area contributed by atoms with Gasteiger partial charge in [0.2, 0.25) is 5.60 Å². The Hall–Kier alpha value is -1.09. The summed E-state index contributed by atoms with van der Waals surface area (Å²) in [5.74, 6) is -1.13. The Labute approximate surface area is 148 Å². The first-order chi connectivity index (χ1) is 11.3. The molecule has 0 aliphatic carbocycles. The molecule has 1 atom stereocenters. The minimum absolute atomic E-state index is 0.470. The molecule has 5 nitrogen and oxygen atoms in total. The number of ether oxygens (including phenoxy) is 1. The van der Waals surface area contributed by atoms with E-state index < -0.39 is 50.7 Å². The van der Waals surface area contributed by atoms with Crippen molar-refractivity contribution in [3.05, 3.63) is 0 Å². The van der Waals surface area contributed by atoms with Gasteiger partial charge < -0.3 is 9.16 Å². The number of hydrogen-bond acceptors (Lipinski definition) is 4. The smallest absolute Gasteiger partial charge is 0.425 e. The lowest BCUT2D eigenvalue weighted by Gasteiger charge is -2.39. The van der Waals surface area contributed by atoms with Gasteiger partial charge in [-0.05, 0) is 38.9 Å². The van der Waals surface area contributed by atoms with Crippen LogP contribution < -0.4 is 0 Å². The molecular formula is C16H28F3NO4Si. The van der Waals surface area contributed by atoms with Crippen LogP contribution in [0.25, 0.3) is 0 Å². The second kappa shape index (κ2) is 7.26. The molecule has 0 spiro atoms. The molecule has 0 N–H and O–H groups in total. The van der Waals surface area contributed by atoms with Gasteiger partial charge in [0.05, 0.1) is 13.1 Å². The van der Waals surface area contributed by atoms with Crippen molar-refractivity contribution < 1.29 is 31.9 Å². The van der Waals surface area contributed by atoms with Crippen LogP contribution in [0, 0.1) is 0 Å². The highest BCUT2D eigenvalue weighted by molar-refractivity contribution is 6.73. The topological polar surface area (TPSA) is 55.8 Å². The monoisotopic (exact) mass is 383 g/mol. The van der Waals surface area contributed by atoms with Crippen LogP contribution in [0.2, 0.25) is 18.1 Å². The molecule has 0 aromatic heterocycles. The number of nitrogens with zero attached hydrogens (tertiary/aromatic N) is 1. The van der Waals surface area contributed by atoms with Crippen molar-refractivity contribution in [2.24, 2.45) is 0 Å². The molecule has 1 fully saturated rings. The highest BCUT2D eigenvalue weighted by Gasteiger charge is 2.68. The number of amides is 1. The number of halogens is 3. The van der Waals surface area contributed by atoms with Gasteiger partial charge in [-0.3, -0.25) is 9.69 Å². The molecule has 1 rings (SSSR count). The Morgan fingerprint density at radius 1 is 1.16 bits per heavy atom. The third-order valence-corrected chi connectivity index (χ3v) is 9.28. The van der Waals surface area contributed by atoms with Crippen LogP contribution in [0.4, 0.5) is 18.0 Å². The third kappa shape index (κ3) is 4.55. The molecule has 25 heavy (non-hydrogen) atoms. The average Bonchev–Trinajstić information content (AvgIpc) is 2.81. The van der Waals surface area contributed by atoms with Crippen LogP contribution in [-0.2, 0) is 14.0 Å². The van der Waals surface area contributed by atoms with Gasteiger partial charge in [-0.1, -0.05) is 20.8 Å². The summed E-state index contributed by atoms with van der Waals surface area (Å²) < 4.78 is 52.4. The maximum atomic E-state index is 13.9. The summed E-state index contributed by atoms with van der Waals surface area (Å²) >= 11 is 0. The molecule has 0 aromatic rings. The number of Topliss-reactive ketones (excluding diaryl/α,β-unsaturated/α-hetero) is 1. The lowest BCUT2D eigenvalue weighted by Crippen LogP contribution is -2.60. The standard InChI is InChI=1S/C16H28F3NO4Si/c1-7-25(8-2,9-3)24-15(16(17,18)19)11-20(10-12(15)21)13(22)23-14(4,5)6/h7-11H2,1-6H3. The summed E-state index contributed by atoms with van der Waals surface area (Å²) in [6.45, 7) is 8.69. The molecular weight excluding hydrogens is 355 g/mol. The minimum atomic E-state index is -4.89. The second-order valence-electron chi connectivity index (χ2n) is 7.43. The van der Waals surface area contributed by atoms with Gasteiger partial charge in [0.15, 0.2) is 14.1 Å². The van der Waals surface area contributed by atoms with Gasteiger partial charge in [-0.2, -0.15) is 13.2 Å². The summed E-state index contributed by atoms with van der Waals surface area (Å²) in [4.78, 5) is 25.3. The number of carbonyl (C=O) groups is 2. The van der Waals surface area contributed by atoms with Gasteiger partial charge in [0, 0.05) is 0 Å². The highest BCUT2D eigenvalue weighted by Crippen LogP contribution is 2.43. The first kappa shape index (κ1) is 21.9. The second-order valence-corrected chi connectivity index (χ2v) is 12.1. The largest absolute Gasteiger partial charge is 0.444 e. The van der Waals surface area contributed by atoms with Crippen molar-refractivity contribution in [2.75, 3.05) is 13.1 Å². The van der Waals surface area contributed by atoms with Crippen LogP contribution >= 0.6 is 0 Å². The molecule has 1 aliphatic heterocycles. The van der Waals surface area contributed by atoms with E-state index in [9.17, 15) is 22.8 Å². The lowest BCUT2D eigenvalue weighted by atomic mass is 10.0. The minimum Gasteiger partial charge on any atom is -0.444 e. The summed E-state index contributed by atoms with van der Waals surface area (Å²) in [7, 11) is -2.74. The molecule has 9 heteroatoms. The molecule has 0 bridgehead atoms. The molecule has 1 saturated heterocycles. The van der Waals surface area contributed by atoms with Crippen LogP contribution in [0.5, 0.6) is 0 Å². The Balaban J connectivity index is 3.20. The van der Waals surface area contributed by atoms with Crippen LogP contribution in [0.15, 0.2) is 0 Å². The van der Waals surface area contributed by atoms with Crippen molar-refractivity contribution in [1.82, 2.24) is 4.90 Å². The fraction of sp³-hybridized carbons (Fsp3) is 0.875. The van der Waals surface area contributed by atoms with Crippen LogP contribution in [0.1, 0.15) is 41.5 Å². The number of ketones is 1. The molecule has 1 aliphatic rings. The molecule has 1 amide bonds. The van der Waals surface area contributed by atoms with Crippen LogP contribution in [0.3, 0.4) is 0 Å². The van der Waals surface area contributed by atoms with Gasteiger partial charge in [-0.25, -0.2) is 4.79 Å². The maximum absolute atomic E-state index is 13.9. The normalized spacial score (nSPS) is 22.4. The fourth-order valence-electron chi connectivity index (χ4n) is 2.90. The van der Waals surface area contributed by atoms with Crippen molar-refractivity contribution >= 4 is 20.2 Å². The third-order valence-electron chi connectivity index (χ3n) is 4.63. The van der Waals surface area contributed by atoms with Gasteiger partial charge >= 0.3 is 12.3 Å². The average molecular weight is 383 g/mol. The lowest BCUT2D eigenvalue weighted by molar-refractivity contribution is -0.238.